The average Bonchev–Trinajstić information content (AvgIpc) is 2.61. The molecule has 0 spiro atoms. The molecule has 0 amide bonds. The number of hydrogen-bond acceptors (Lipinski definition) is 3. The Hall–Kier alpha value is -2.00. The van der Waals surface area contributed by atoms with Crippen molar-refractivity contribution >= 4 is 0 Å². The number of para-hydroxylation sites is 2. The van der Waals surface area contributed by atoms with Crippen molar-refractivity contribution in [1.29, 1.82) is 0 Å². The van der Waals surface area contributed by atoms with Crippen LogP contribution in [-0.4, -0.2) is 24.4 Å². The first-order chi connectivity index (χ1) is 13.6. The fourth-order valence-electron chi connectivity index (χ4n) is 3.11. The molecule has 0 aliphatic heterocycles. The van der Waals surface area contributed by atoms with Crippen LogP contribution >= 0.6 is 0 Å². The lowest BCUT2D eigenvalue weighted by atomic mass is 10.1. The molecular formula is C26H38O3. The van der Waals surface area contributed by atoms with E-state index in [9.17, 15) is 0 Å². The lowest BCUT2D eigenvalue weighted by molar-refractivity contribution is 0.122. The number of hydrogen-bond donors (Lipinski definition) is 0. The van der Waals surface area contributed by atoms with Crippen molar-refractivity contribution < 1.29 is 14.2 Å². The van der Waals surface area contributed by atoms with E-state index in [0.717, 1.165) is 50.4 Å². The molecule has 0 aliphatic rings. The molecule has 0 aromatic heterocycles. The monoisotopic (exact) mass is 398 g/mol. The Morgan fingerprint density at radius 3 is 1.34 bits per heavy atom. The largest absolute Gasteiger partial charge is 0.488 e. The summed E-state index contributed by atoms with van der Waals surface area (Å²) in [4.78, 5) is 0. The quantitative estimate of drug-likeness (QED) is 0.421. The molecule has 0 saturated heterocycles. The minimum atomic E-state index is -0.181. The zero-order chi connectivity index (χ0) is 21.3. The van der Waals surface area contributed by atoms with E-state index in [4.69, 9.17) is 14.2 Å². The zero-order valence-corrected chi connectivity index (χ0v) is 19.1. The summed E-state index contributed by atoms with van der Waals surface area (Å²) in [6, 6.07) is 16.6. The van der Waals surface area contributed by atoms with Gasteiger partial charge in [-0.3, -0.25) is 0 Å². The second kappa shape index (κ2) is 10.7. The van der Waals surface area contributed by atoms with Crippen LogP contribution < -0.4 is 9.47 Å². The molecule has 0 N–H and O–H groups in total. The van der Waals surface area contributed by atoms with Gasteiger partial charge in [-0.05, 0) is 90.5 Å². The molecule has 0 radical (unpaired) electrons. The minimum absolute atomic E-state index is 0.181. The molecule has 0 saturated carbocycles. The van der Waals surface area contributed by atoms with E-state index < -0.39 is 0 Å². The van der Waals surface area contributed by atoms with Crippen molar-refractivity contribution in [2.24, 2.45) is 0 Å². The number of rotatable bonds is 10. The first kappa shape index (κ1) is 23.3. The molecule has 0 atom stereocenters. The summed E-state index contributed by atoms with van der Waals surface area (Å²) in [5.41, 5.74) is 2.14. The Morgan fingerprint density at radius 2 is 0.966 bits per heavy atom. The maximum absolute atomic E-state index is 6.07. The molecule has 2 rings (SSSR count). The van der Waals surface area contributed by atoms with Crippen LogP contribution in [0.15, 0.2) is 48.5 Å². The number of aryl methyl sites for hydroxylation is 2. The number of ether oxygens (including phenoxy) is 3. The molecule has 2 aromatic carbocycles. The van der Waals surface area contributed by atoms with Crippen LogP contribution in [-0.2, 0) is 17.6 Å². The first-order valence-corrected chi connectivity index (χ1v) is 10.8. The van der Waals surface area contributed by atoms with Crippen LogP contribution in [0.3, 0.4) is 0 Å². The van der Waals surface area contributed by atoms with Gasteiger partial charge in [-0.25, -0.2) is 0 Å². The minimum Gasteiger partial charge on any atom is -0.488 e. The van der Waals surface area contributed by atoms with E-state index in [-0.39, 0.29) is 11.2 Å². The summed E-state index contributed by atoms with van der Waals surface area (Å²) < 4.78 is 18.0. The van der Waals surface area contributed by atoms with Crippen LogP contribution in [0.4, 0.5) is 0 Å². The molecule has 0 fully saturated rings. The molecule has 160 valence electrons. The third kappa shape index (κ3) is 9.36. The maximum Gasteiger partial charge on any atom is 0.123 e. The van der Waals surface area contributed by atoms with Crippen LogP contribution in [0, 0.1) is 0 Å². The lowest BCUT2D eigenvalue weighted by Gasteiger charge is -2.23. The van der Waals surface area contributed by atoms with Crippen LogP contribution in [0.2, 0.25) is 0 Å². The van der Waals surface area contributed by atoms with Gasteiger partial charge in [-0.15, -0.1) is 0 Å². The molecule has 2 aromatic rings. The van der Waals surface area contributed by atoms with E-state index in [1.165, 1.54) is 11.1 Å². The third-order valence-corrected chi connectivity index (χ3v) is 4.25. The lowest BCUT2D eigenvalue weighted by Crippen LogP contribution is -2.23. The maximum atomic E-state index is 6.07. The van der Waals surface area contributed by atoms with Gasteiger partial charge in [0.05, 0.1) is 0 Å². The van der Waals surface area contributed by atoms with Gasteiger partial charge < -0.3 is 14.2 Å². The normalized spacial score (nSPS) is 12.1. The van der Waals surface area contributed by atoms with E-state index in [2.05, 4.69) is 77.9 Å². The standard InChI is InChI=1S/C26H38O3/c1-25(2,3)28-23-17-9-7-13-21(23)15-11-19-27-20-12-16-22-14-8-10-18-24(22)29-26(4,5)6/h7-10,13-14,17-18H,11-12,15-16,19-20H2,1-6H3. The Bertz CT molecular complexity index is 675. The van der Waals surface area contributed by atoms with Crippen molar-refractivity contribution in [3.05, 3.63) is 59.7 Å². The Balaban J connectivity index is 1.70. The molecule has 0 unspecified atom stereocenters. The number of benzene rings is 2. The van der Waals surface area contributed by atoms with Gasteiger partial charge in [0.1, 0.15) is 22.7 Å². The van der Waals surface area contributed by atoms with Gasteiger partial charge in [0.25, 0.3) is 0 Å². The third-order valence-electron chi connectivity index (χ3n) is 4.25. The van der Waals surface area contributed by atoms with Crippen LogP contribution in [0.5, 0.6) is 11.5 Å². The predicted octanol–water partition coefficient (Wildman–Crippen LogP) is 6.62. The van der Waals surface area contributed by atoms with Gasteiger partial charge in [0.15, 0.2) is 0 Å². The van der Waals surface area contributed by atoms with Crippen LogP contribution in [0.1, 0.15) is 65.5 Å². The smallest absolute Gasteiger partial charge is 0.123 e. The molecular weight excluding hydrogens is 360 g/mol. The van der Waals surface area contributed by atoms with Gasteiger partial charge in [-0.1, -0.05) is 36.4 Å². The van der Waals surface area contributed by atoms with E-state index >= 15 is 0 Å². The molecule has 0 aliphatic carbocycles. The molecule has 29 heavy (non-hydrogen) atoms. The zero-order valence-electron chi connectivity index (χ0n) is 19.1. The molecule has 3 heteroatoms. The molecule has 3 nitrogen and oxygen atoms in total. The van der Waals surface area contributed by atoms with Crippen molar-refractivity contribution in [3.63, 3.8) is 0 Å². The second-order valence-corrected chi connectivity index (χ2v) is 9.46. The fourth-order valence-corrected chi connectivity index (χ4v) is 3.11. The van der Waals surface area contributed by atoms with Crippen LogP contribution in [0.25, 0.3) is 0 Å². The summed E-state index contributed by atoms with van der Waals surface area (Å²) >= 11 is 0. The second-order valence-electron chi connectivity index (χ2n) is 9.46. The average molecular weight is 399 g/mol. The van der Waals surface area contributed by atoms with Crippen molar-refractivity contribution in [2.45, 2.75) is 78.4 Å². The van der Waals surface area contributed by atoms with E-state index in [0.29, 0.717) is 0 Å². The summed E-state index contributed by atoms with van der Waals surface area (Å²) in [6.45, 7) is 14.0. The first-order valence-electron chi connectivity index (χ1n) is 10.8. The Morgan fingerprint density at radius 1 is 0.586 bits per heavy atom. The van der Waals surface area contributed by atoms with Gasteiger partial charge in [0, 0.05) is 13.2 Å². The van der Waals surface area contributed by atoms with Gasteiger partial charge >= 0.3 is 0 Å². The molecule has 0 heterocycles. The topological polar surface area (TPSA) is 27.7 Å². The fraction of sp³-hybridized carbons (Fsp3) is 0.538. The van der Waals surface area contributed by atoms with Gasteiger partial charge in [-0.2, -0.15) is 0 Å². The van der Waals surface area contributed by atoms with E-state index in [1.54, 1.807) is 0 Å². The highest BCUT2D eigenvalue weighted by atomic mass is 16.5. The van der Waals surface area contributed by atoms with Crippen molar-refractivity contribution in [3.8, 4) is 11.5 Å². The van der Waals surface area contributed by atoms with Gasteiger partial charge in [0.2, 0.25) is 0 Å². The molecule has 0 bridgehead atoms. The van der Waals surface area contributed by atoms with E-state index in [1.807, 2.05) is 12.1 Å². The highest BCUT2D eigenvalue weighted by Crippen LogP contribution is 2.25. The summed E-state index contributed by atoms with van der Waals surface area (Å²) in [6.07, 6.45) is 3.92. The predicted molar refractivity (Wildman–Crippen MR) is 121 cm³/mol. The highest BCUT2D eigenvalue weighted by molar-refractivity contribution is 5.34. The SMILES string of the molecule is CC(C)(C)Oc1ccccc1CCCOCCCc1ccccc1OC(C)(C)C. The summed E-state index contributed by atoms with van der Waals surface area (Å²) in [5.74, 6) is 1.96. The van der Waals surface area contributed by atoms with Crippen molar-refractivity contribution in [1.82, 2.24) is 0 Å². The summed E-state index contributed by atoms with van der Waals surface area (Å²) in [7, 11) is 0. The Labute approximate surface area is 177 Å². The summed E-state index contributed by atoms with van der Waals surface area (Å²) in [5, 5.41) is 0. The Kier molecular flexibility index (Phi) is 8.58. The highest BCUT2D eigenvalue weighted by Gasteiger charge is 2.15. The van der Waals surface area contributed by atoms with Crippen molar-refractivity contribution in [2.75, 3.05) is 13.2 Å².